The Labute approximate surface area is 171 Å². The molecule has 1 aromatic rings. The van der Waals surface area contributed by atoms with E-state index in [4.69, 9.17) is 9.47 Å². The first-order valence-electron chi connectivity index (χ1n) is 8.90. The number of benzene rings is 1. The zero-order chi connectivity index (χ0) is 17.5. The highest BCUT2D eigenvalue weighted by molar-refractivity contribution is 14.0. The summed E-state index contributed by atoms with van der Waals surface area (Å²) >= 11 is 0. The van der Waals surface area contributed by atoms with Crippen molar-refractivity contribution < 1.29 is 13.9 Å². The van der Waals surface area contributed by atoms with Crippen LogP contribution in [0.5, 0.6) is 5.75 Å². The lowest BCUT2D eigenvalue weighted by Gasteiger charge is -2.21. The number of hydrogen-bond donors (Lipinski definition) is 2. The average Bonchev–Trinajstić information content (AvgIpc) is 2.65. The number of ether oxygens (including phenoxy) is 2. The molecule has 0 atom stereocenters. The Morgan fingerprint density at radius 1 is 1.27 bits per heavy atom. The summed E-state index contributed by atoms with van der Waals surface area (Å²) in [6, 6.07) is 2.96. The first-order chi connectivity index (χ1) is 12.3. The van der Waals surface area contributed by atoms with Gasteiger partial charge in [0.15, 0.2) is 12.8 Å². The smallest absolute Gasteiger partial charge is 0.191 e. The van der Waals surface area contributed by atoms with Gasteiger partial charge in [-0.15, -0.1) is 24.0 Å². The maximum atomic E-state index is 13.8. The third-order valence-electron chi connectivity index (χ3n) is 4.55. The molecule has 1 aliphatic carbocycles. The van der Waals surface area contributed by atoms with Crippen molar-refractivity contribution >= 4 is 29.9 Å². The number of nitrogens with zero attached hydrogens (tertiary/aromatic N) is 1. The minimum absolute atomic E-state index is 0. The minimum atomic E-state index is -0.281. The summed E-state index contributed by atoms with van der Waals surface area (Å²) < 4.78 is 24.5. The van der Waals surface area contributed by atoms with E-state index in [0.717, 1.165) is 24.1 Å². The van der Waals surface area contributed by atoms with Crippen molar-refractivity contribution in [3.8, 4) is 5.75 Å². The van der Waals surface area contributed by atoms with E-state index in [1.54, 1.807) is 7.05 Å². The van der Waals surface area contributed by atoms with E-state index < -0.39 is 0 Å². The standard InChI is InChI=1S/C19H26FN3O2.HI/c1-21-19(22-8-7-14-5-3-2-4-6-14)23-11-15-9-17(20)10-16-12-24-13-25-18(15)16;/h5,9-10H,2-4,6-8,11-13H2,1H3,(H2,21,22,23);1H. The number of hydrogen-bond acceptors (Lipinski definition) is 3. The quantitative estimate of drug-likeness (QED) is 0.294. The number of halogens is 2. The van der Waals surface area contributed by atoms with E-state index in [1.807, 2.05) is 0 Å². The fraction of sp³-hybridized carbons (Fsp3) is 0.526. The molecule has 0 radical (unpaired) electrons. The monoisotopic (exact) mass is 475 g/mol. The molecule has 1 aliphatic heterocycles. The molecule has 0 saturated heterocycles. The predicted octanol–water partition coefficient (Wildman–Crippen LogP) is 3.87. The van der Waals surface area contributed by atoms with E-state index in [0.29, 0.717) is 24.9 Å². The summed E-state index contributed by atoms with van der Waals surface area (Å²) in [6.07, 6.45) is 8.42. The SMILES string of the molecule is CN=C(NCCC1=CCCCC1)NCc1cc(F)cc2c1OCOC2.I. The topological polar surface area (TPSA) is 54.9 Å². The van der Waals surface area contributed by atoms with Gasteiger partial charge in [-0.3, -0.25) is 4.99 Å². The van der Waals surface area contributed by atoms with E-state index in [9.17, 15) is 4.39 Å². The summed E-state index contributed by atoms with van der Waals surface area (Å²) in [5.74, 6) is 1.14. The zero-order valence-electron chi connectivity index (χ0n) is 15.1. The summed E-state index contributed by atoms with van der Waals surface area (Å²) in [5, 5.41) is 6.55. The number of nitrogens with one attached hydrogen (secondary N) is 2. The predicted molar refractivity (Wildman–Crippen MR) is 111 cm³/mol. The summed E-state index contributed by atoms with van der Waals surface area (Å²) in [7, 11) is 1.74. The van der Waals surface area contributed by atoms with E-state index in [2.05, 4.69) is 21.7 Å². The molecule has 144 valence electrons. The van der Waals surface area contributed by atoms with Gasteiger partial charge in [-0.25, -0.2) is 4.39 Å². The Kier molecular flexibility index (Phi) is 8.64. The molecule has 1 heterocycles. The van der Waals surface area contributed by atoms with Crippen LogP contribution >= 0.6 is 24.0 Å². The van der Waals surface area contributed by atoms with Crippen molar-refractivity contribution in [2.24, 2.45) is 4.99 Å². The van der Waals surface area contributed by atoms with Crippen LogP contribution in [-0.2, 0) is 17.9 Å². The normalized spacial score (nSPS) is 16.7. The van der Waals surface area contributed by atoms with Crippen molar-refractivity contribution in [1.29, 1.82) is 0 Å². The molecule has 0 amide bonds. The van der Waals surface area contributed by atoms with Crippen LogP contribution in [0.4, 0.5) is 4.39 Å². The Morgan fingerprint density at radius 3 is 2.92 bits per heavy atom. The van der Waals surface area contributed by atoms with E-state index in [-0.39, 0.29) is 36.6 Å². The van der Waals surface area contributed by atoms with E-state index >= 15 is 0 Å². The molecule has 0 spiro atoms. The van der Waals surface area contributed by atoms with Crippen molar-refractivity contribution in [2.75, 3.05) is 20.4 Å². The third-order valence-corrected chi connectivity index (χ3v) is 4.55. The van der Waals surface area contributed by atoms with Gasteiger partial charge in [0.05, 0.1) is 6.61 Å². The van der Waals surface area contributed by atoms with Crippen LogP contribution in [0.1, 0.15) is 43.2 Å². The van der Waals surface area contributed by atoms with Gasteiger partial charge in [-0.05, 0) is 44.2 Å². The fourth-order valence-electron chi connectivity index (χ4n) is 3.26. The Morgan fingerprint density at radius 2 is 2.15 bits per heavy atom. The molecule has 3 rings (SSSR count). The molecule has 0 aromatic heterocycles. The second-order valence-corrected chi connectivity index (χ2v) is 6.37. The van der Waals surface area contributed by atoms with Gasteiger partial charge in [0.25, 0.3) is 0 Å². The first kappa shape index (κ1) is 21.0. The highest BCUT2D eigenvalue weighted by Crippen LogP contribution is 2.29. The number of fused-ring (bicyclic) bond motifs is 1. The van der Waals surface area contributed by atoms with Crippen LogP contribution in [0.15, 0.2) is 28.8 Å². The summed E-state index contributed by atoms with van der Waals surface area (Å²) in [5.41, 5.74) is 3.05. The molecular weight excluding hydrogens is 448 g/mol. The molecular formula is C19H27FIN3O2. The molecule has 2 aliphatic rings. The maximum Gasteiger partial charge on any atom is 0.191 e. The third kappa shape index (κ3) is 5.84. The number of aliphatic imine (C=N–C) groups is 1. The summed E-state index contributed by atoms with van der Waals surface area (Å²) in [4.78, 5) is 4.24. The molecule has 1 aromatic carbocycles. The van der Waals surface area contributed by atoms with Crippen LogP contribution in [0.2, 0.25) is 0 Å². The second-order valence-electron chi connectivity index (χ2n) is 6.37. The average molecular weight is 475 g/mol. The summed E-state index contributed by atoms with van der Waals surface area (Å²) in [6.45, 7) is 1.87. The van der Waals surface area contributed by atoms with Crippen LogP contribution in [0.3, 0.4) is 0 Å². The van der Waals surface area contributed by atoms with Gasteiger partial charge in [0, 0.05) is 31.3 Å². The van der Waals surface area contributed by atoms with Crippen LogP contribution < -0.4 is 15.4 Å². The van der Waals surface area contributed by atoms with Crippen molar-refractivity contribution in [3.05, 3.63) is 40.7 Å². The van der Waals surface area contributed by atoms with Crippen LogP contribution in [0.25, 0.3) is 0 Å². The molecule has 0 saturated carbocycles. The van der Waals surface area contributed by atoms with E-state index in [1.165, 1.54) is 43.4 Å². The Balaban J connectivity index is 0.00000243. The van der Waals surface area contributed by atoms with Crippen LogP contribution in [-0.4, -0.2) is 26.3 Å². The van der Waals surface area contributed by atoms with Gasteiger partial charge >= 0.3 is 0 Å². The van der Waals surface area contributed by atoms with Crippen molar-refractivity contribution in [1.82, 2.24) is 10.6 Å². The second kappa shape index (κ2) is 10.7. The largest absolute Gasteiger partial charge is 0.467 e. The van der Waals surface area contributed by atoms with Crippen LogP contribution in [0, 0.1) is 5.82 Å². The first-order valence-corrected chi connectivity index (χ1v) is 8.90. The molecule has 5 nitrogen and oxygen atoms in total. The maximum absolute atomic E-state index is 13.8. The molecule has 7 heteroatoms. The lowest BCUT2D eigenvalue weighted by molar-refractivity contribution is -0.0172. The Hall–Kier alpha value is -1.35. The molecule has 0 bridgehead atoms. The van der Waals surface area contributed by atoms with Gasteiger partial charge in [0.1, 0.15) is 11.6 Å². The van der Waals surface area contributed by atoms with Crippen molar-refractivity contribution in [2.45, 2.75) is 45.3 Å². The number of rotatable bonds is 5. The van der Waals surface area contributed by atoms with Gasteiger partial charge in [-0.2, -0.15) is 0 Å². The lowest BCUT2D eigenvalue weighted by Crippen LogP contribution is -2.37. The number of guanidine groups is 1. The van der Waals surface area contributed by atoms with Gasteiger partial charge in [-0.1, -0.05) is 11.6 Å². The molecule has 0 fully saturated rings. The molecule has 0 unspecified atom stereocenters. The fourth-order valence-corrected chi connectivity index (χ4v) is 3.26. The van der Waals surface area contributed by atoms with Gasteiger partial charge < -0.3 is 20.1 Å². The minimum Gasteiger partial charge on any atom is -0.467 e. The van der Waals surface area contributed by atoms with Gasteiger partial charge in [0.2, 0.25) is 0 Å². The molecule has 26 heavy (non-hydrogen) atoms. The number of allylic oxidation sites excluding steroid dienone is 1. The lowest BCUT2D eigenvalue weighted by atomic mass is 9.97. The molecule has 2 N–H and O–H groups in total. The zero-order valence-corrected chi connectivity index (χ0v) is 17.5. The Bertz CT molecular complexity index is 664. The highest BCUT2D eigenvalue weighted by Gasteiger charge is 2.17. The van der Waals surface area contributed by atoms with Crippen molar-refractivity contribution in [3.63, 3.8) is 0 Å². The highest BCUT2D eigenvalue weighted by atomic mass is 127.